The monoisotopic (exact) mass is 255 g/mol. The maximum absolute atomic E-state index is 11.0. The summed E-state index contributed by atoms with van der Waals surface area (Å²) in [4.78, 5) is 11.0. The van der Waals surface area contributed by atoms with Crippen LogP contribution in [0.3, 0.4) is 0 Å². The summed E-state index contributed by atoms with van der Waals surface area (Å²) in [6, 6.07) is 7.20. The summed E-state index contributed by atoms with van der Waals surface area (Å²) in [6.07, 6.45) is 1.35. The van der Waals surface area contributed by atoms with Crippen LogP contribution >= 0.6 is 11.6 Å². The Labute approximate surface area is 105 Å². The molecule has 4 nitrogen and oxygen atoms in total. The topological polar surface area (TPSA) is 58.6 Å². The number of halogens is 1. The molecule has 5 heteroatoms. The Kier molecular flexibility index (Phi) is 3.86. The Hall–Kier alpha value is -1.26. The van der Waals surface area contributed by atoms with Crippen LogP contribution in [0.4, 0.5) is 0 Å². The number of hydrogen-bond acceptors (Lipinski definition) is 3. The van der Waals surface area contributed by atoms with Crippen molar-refractivity contribution in [2.45, 2.75) is 25.0 Å². The standard InChI is InChI=1S/C12H14ClNO3/c13-8-2-1-3-10(6-8)17-11(12(15)16)7-14-9-4-5-9/h1-3,6,9,11,14H,4-5,7H2,(H,15,16). The van der Waals surface area contributed by atoms with Gasteiger partial charge in [0.2, 0.25) is 6.10 Å². The number of rotatable bonds is 6. The van der Waals surface area contributed by atoms with E-state index in [-0.39, 0.29) is 0 Å². The number of carbonyl (C=O) groups is 1. The van der Waals surface area contributed by atoms with Crippen LogP contribution in [0.2, 0.25) is 5.02 Å². The molecule has 1 saturated carbocycles. The van der Waals surface area contributed by atoms with Gasteiger partial charge < -0.3 is 15.2 Å². The van der Waals surface area contributed by atoms with Gasteiger partial charge in [0.05, 0.1) is 0 Å². The average Bonchev–Trinajstić information content (AvgIpc) is 3.07. The molecule has 2 rings (SSSR count). The van der Waals surface area contributed by atoms with Crippen LogP contribution in [-0.2, 0) is 4.79 Å². The zero-order valence-electron chi connectivity index (χ0n) is 9.23. The highest BCUT2D eigenvalue weighted by Crippen LogP contribution is 2.20. The van der Waals surface area contributed by atoms with E-state index < -0.39 is 12.1 Å². The van der Waals surface area contributed by atoms with E-state index in [9.17, 15) is 4.79 Å². The van der Waals surface area contributed by atoms with Crippen molar-refractivity contribution in [3.8, 4) is 5.75 Å². The summed E-state index contributed by atoms with van der Waals surface area (Å²) >= 11 is 5.80. The van der Waals surface area contributed by atoms with Crippen LogP contribution in [0.15, 0.2) is 24.3 Å². The molecule has 1 aliphatic carbocycles. The van der Waals surface area contributed by atoms with Crippen LogP contribution in [0.25, 0.3) is 0 Å². The lowest BCUT2D eigenvalue weighted by Gasteiger charge is -2.15. The van der Waals surface area contributed by atoms with E-state index in [1.165, 1.54) is 0 Å². The van der Waals surface area contributed by atoms with Crippen molar-refractivity contribution in [3.05, 3.63) is 29.3 Å². The van der Waals surface area contributed by atoms with E-state index in [1.807, 2.05) is 0 Å². The number of aliphatic carboxylic acids is 1. The number of carboxylic acid groups (broad SMARTS) is 1. The molecule has 0 aliphatic heterocycles. The van der Waals surface area contributed by atoms with E-state index in [4.69, 9.17) is 21.4 Å². The molecule has 0 aromatic heterocycles. The lowest BCUT2D eigenvalue weighted by molar-refractivity contribution is -0.144. The van der Waals surface area contributed by atoms with Gasteiger partial charge in [0.1, 0.15) is 5.75 Å². The highest BCUT2D eigenvalue weighted by molar-refractivity contribution is 6.30. The molecule has 0 amide bonds. The van der Waals surface area contributed by atoms with Gasteiger partial charge in [0, 0.05) is 17.6 Å². The molecule has 17 heavy (non-hydrogen) atoms. The van der Waals surface area contributed by atoms with Crippen LogP contribution in [0.5, 0.6) is 5.75 Å². The Morgan fingerprint density at radius 2 is 2.35 bits per heavy atom. The third-order valence-electron chi connectivity index (χ3n) is 2.52. The third-order valence-corrected chi connectivity index (χ3v) is 2.75. The molecule has 1 aliphatic rings. The summed E-state index contributed by atoms with van der Waals surface area (Å²) in [5, 5.41) is 12.7. The molecule has 1 atom stereocenters. The minimum atomic E-state index is -0.974. The molecule has 0 radical (unpaired) electrons. The minimum Gasteiger partial charge on any atom is -0.478 e. The molecule has 0 saturated heterocycles. The Bertz CT molecular complexity index is 406. The maximum atomic E-state index is 11.0. The molecular weight excluding hydrogens is 242 g/mol. The van der Waals surface area contributed by atoms with Gasteiger partial charge in [-0.25, -0.2) is 4.79 Å². The zero-order valence-corrected chi connectivity index (χ0v) is 9.98. The van der Waals surface area contributed by atoms with Gasteiger partial charge in [-0.2, -0.15) is 0 Å². The minimum absolute atomic E-state index is 0.312. The van der Waals surface area contributed by atoms with Gasteiger partial charge in [0.25, 0.3) is 0 Å². The fourth-order valence-corrected chi connectivity index (χ4v) is 1.63. The quantitative estimate of drug-likeness (QED) is 0.816. The molecular formula is C12H14ClNO3. The average molecular weight is 256 g/mol. The van der Waals surface area contributed by atoms with Gasteiger partial charge in [-0.3, -0.25) is 0 Å². The predicted octanol–water partition coefficient (Wildman–Crippen LogP) is 1.92. The van der Waals surface area contributed by atoms with Crippen molar-refractivity contribution in [3.63, 3.8) is 0 Å². The second-order valence-corrected chi connectivity index (χ2v) is 4.52. The molecule has 0 bridgehead atoms. The molecule has 1 aromatic carbocycles. The first-order valence-corrected chi connectivity index (χ1v) is 5.91. The van der Waals surface area contributed by atoms with Crippen molar-refractivity contribution >= 4 is 17.6 Å². The van der Waals surface area contributed by atoms with E-state index in [0.29, 0.717) is 23.4 Å². The first kappa shape index (κ1) is 12.2. The number of benzene rings is 1. The predicted molar refractivity (Wildman–Crippen MR) is 64.5 cm³/mol. The second kappa shape index (κ2) is 5.38. The lowest BCUT2D eigenvalue weighted by atomic mass is 10.3. The van der Waals surface area contributed by atoms with E-state index in [0.717, 1.165) is 12.8 Å². The highest BCUT2D eigenvalue weighted by Gasteiger charge is 2.25. The summed E-state index contributed by atoms with van der Waals surface area (Å²) in [5.74, 6) is -0.499. The molecule has 1 fully saturated rings. The van der Waals surface area contributed by atoms with Crippen molar-refractivity contribution in [2.75, 3.05) is 6.54 Å². The van der Waals surface area contributed by atoms with Gasteiger partial charge in [-0.1, -0.05) is 17.7 Å². The second-order valence-electron chi connectivity index (χ2n) is 4.08. The van der Waals surface area contributed by atoms with Crippen LogP contribution in [0, 0.1) is 0 Å². The molecule has 1 aromatic rings. The van der Waals surface area contributed by atoms with Crippen molar-refractivity contribution < 1.29 is 14.6 Å². The first-order valence-electron chi connectivity index (χ1n) is 5.53. The SMILES string of the molecule is O=C(O)C(CNC1CC1)Oc1cccc(Cl)c1. The third kappa shape index (κ3) is 3.91. The normalized spacial score (nSPS) is 16.5. The number of nitrogens with one attached hydrogen (secondary N) is 1. The smallest absolute Gasteiger partial charge is 0.346 e. The van der Waals surface area contributed by atoms with Gasteiger partial charge in [-0.05, 0) is 31.0 Å². The van der Waals surface area contributed by atoms with Crippen LogP contribution in [0.1, 0.15) is 12.8 Å². The summed E-state index contributed by atoms with van der Waals surface area (Å²) in [6.45, 7) is 0.312. The molecule has 0 heterocycles. The van der Waals surface area contributed by atoms with E-state index in [2.05, 4.69) is 5.32 Å². The fourth-order valence-electron chi connectivity index (χ4n) is 1.45. The summed E-state index contributed by atoms with van der Waals surface area (Å²) in [5.41, 5.74) is 0. The summed E-state index contributed by atoms with van der Waals surface area (Å²) < 4.78 is 5.39. The largest absolute Gasteiger partial charge is 0.478 e. The van der Waals surface area contributed by atoms with Gasteiger partial charge >= 0.3 is 5.97 Å². The van der Waals surface area contributed by atoms with Crippen molar-refractivity contribution in [1.29, 1.82) is 0 Å². The molecule has 1 unspecified atom stereocenters. The molecule has 92 valence electrons. The summed E-state index contributed by atoms with van der Waals surface area (Å²) in [7, 11) is 0. The van der Waals surface area contributed by atoms with E-state index >= 15 is 0 Å². The number of carboxylic acids is 1. The van der Waals surface area contributed by atoms with Gasteiger partial charge in [0.15, 0.2) is 0 Å². The molecule has 0 spiro atoms. The van der Waals surface area contributed by atoms with Crippen molar-refractivity contribution in [2.24, 2.45) is 0 Å². The van der Waals surface area contributed by atoms with Crippen LogP contribution in [-0.4, -0.2) is 29.8 Å². The Balaban J connectivity index is 1.93. The fraction of sp³-hybridized carbons (Fsp3) is 0.417. The lowest BCUT2D eigenvalue weighted by Crippen LogP contribution is -2.38. The van der Waals surface area contributed by atoms with E-state index in [1.54, 1.807) is 24.3 Å². The molecule has 2 N–H and O–H groups in total. The first-order chi connectivity index (χ1) is 8.15. The Morgan fingerprint density at radius 3 is 2.94 bits per heavy atom. The number of hydrogen-bond donors (Lipinski definition) is 2. The highest BCUT2D eigenvalue weighted by atomic mass is 35.5. The Morgan fingerprint density at radius 1 is 1.59 bits per heavy atom. The zero-order chi connectivity index (χ0) is 12.3. The van der Waals surface area contributed by atoms with Crippen molar-refractivity contribution in [1.82, 2.24) is 5.32 Å². The maximum Gasteiger partial charge on any atom is 0.346 e. The number of ether oxygens (including phenoxy) is 1. The van der Waals surface area contributed by atoms with Gasteiger partial charge in [-0.15, -0.1) is 0 Å². The van der Waals surface area contributed by atoms with Crippen LogP contribution < -0.4 is 10.1 Å².